The molecule has 26 heavy (non-hydrogen) atoms. The Morgan fingerprint density at radius 2 is 2.00 bits per heavy atom. The number of carbonyl (C=O) groups is 1. The van der Waals surface area contributed by atoms with Gasteiger partial charge >= 0.3 is 0 Å². The first-order valence-corrected chi connectivity index (χ1v) is 9.17. The molecule has 1 amide bonds. The monoisotopic (exact) mass is 365 g/mol. The molecule has 0 aliphatic carbocycles. The van der Waals surface area contributed by atoms with Crippen LogP contribution in [0.1, 0.15) is 20.8 Å². The topological polar surface area (TPSA) is 38.8 Å². The van der Waals surface area contributed by atoms with Crippen molar-refractivity contribution in [3.63, 3.8) is 0 Å². The number of hydrogen-bond donors (Lipinski definition) is 0. The van der Waals surface area contributed by atoms with E-state index in [-0.39, 0.29) is 5.91 Å². The summed E-state index contributed by atoms with van der Waals surface area (Å²) in [5.41, 5.74) is 3.95. The van der Waals surface area contributed by atoms with Crippen molar-refractivity contribution in [2.24, 2.45) is 0 Å². The fourth-order valence-corrected chi connectivity index (χ4v) is 4.31. The number of benzene rings is 2. The first-order valence-electron chi connectivity index (χ1n) is 8.36. The fourth-order valence-electron chi connectivity index (χ4n) is 3.14. The number of amides is 1. The minimum Gasteiger partial charge on any atom is -0.495 e. The molecule has 4 nitrogen and oxygen atoms in total. The highest BCUT2D eigenvalue weighted by Crippen LogP contribution is 2.43. The summed E-state index contributed by atoms with van der Waals surface area (Å²) >= 11 is 1.51. The second-order valence-electron chi connectivity index (χ2n) is 6.29. The van der Waals surface area contributed by atoms with Crippen LogP contribution in [0.3, 0.4) is 0 Å². The van der Waals surface area contributed by atoms with Gasteiger partial charge in [-0.15, -0.1) is 11.3 Å². The van der Waals surface area contributed by atoms with Gasteiger partial charge in [0.1, 0.15) is 18.1 Å². The lowest BCUT2D eigenvalue weighted by Gasteiger charge is -2.20. The van der Waals surface area contributed by atoms with Gasteiger partial charge in [-0.05, 0) is 42.8 Å². The summed E-state index contributed by atoms with van der Waals surface area (Å²) in [5.74, 6) is 1.50. The average molecular weight is 365 g/mol. The molecular weight excluding hydrogens is 346 g/mol. The van der Waals surface area contributed by atoms with Gasteiger partial charge in [0.15, 0.2) is 0 Å². The van der Waals surface area contributed by atoms with E-state index in [0.29, 0.717) is 17.2 Å². The lowest BCUT2D eigenvalue weighted by molar-refractivity contribution is 0.0996. The number of rotatable bonds is 3. The average Bonchev–Trinajstić information content (AvgIpc) is 3.11. The van der Waals surface area contributed by atoms with Gasteiger partial charge in [0.25, 0.3) is 5.91 Å². The van der Waals surface area contributed by atoms with E-state index in [1.54, 1.807) is 19.1 Å². The Balaban J connectivity index is 1.71. The van der Waals surface area contributed by atoms with Crippen molar-refractivity contribution in [3.8, 4) is 21.9 Å². The van der Waals surface area contributed by atoms with Crippen molar-refractivity contribution >= 4 is 22.9 Å². The molecular formula is C21H19NO3S. The minimum absolute atomic E-state index is 0.0502. The molecule has 0 radical (unpaired) electrons. The first-order chi connectivity index (χ1) is 12.6. The normalized spacial score (nSPS) is 12.0. The van der Waals surface area contributed by atoms with Crippen LogP contribution in [-0.2, 0) is 6.61 Å². The van der Waals surface area contributed by atoms with E-state index in [1.165, 1.54) is 11.3 Å². The van der Waals surface area contributed by atoms with Gasteiger partial charge in [-0.1, -0.05) is 18.2 Å². The Bertz CT molecular complexity index is 993. The van der Waals surface area contributed by atoms with Crippen molar-refractivity contribution in [1.29, 1.82) is 0 Å². The highest BCUT2D eigenvalue weighted by molar-refractivity contribution is 7.17. The Morgan fingerprint density at radius 3 is 2.81 bits per heavy atom. The summed E-state index contributed by atoms with van der Waals surface area (Å²) in [4.78, 5) is 16.5. The molecule has 4 rings (SSSR count). The summed E-state index contributed by atoms with van der Waals surface area (Å²) < 4.78 is 11.2. The van der Waals surface area contributed by atoms with Crippen LogP contribution in [0.4, 0.5) is 5.69 Å². The number of ether oxygens (including phenoxy) is 2. The number of anilines is 1. The van der Waals surface area contributed by atoms with E-state index in [0.717, 1.165) is 33.0 Å². The van der Waals surface area contributed by atoms with Gasteiger partial charge in [-0.3, -0.25) is 4.79 Å². The molecule has 3 aromatic rings. The molecule has 0 unspecified atom stereocenters. The van der Waals surface area contributed by atoms with Crippen molar-refractivity contribution in [2.75, 3.05) is 19.1 Å². The smallest absolute Gasteiger partial charge is 0.268 e. The maximum Gasteiger partial charge on any atom is 0.268 e. The predicted molar refractivity (Wildman–Crippen MR) is 105 cm³/mol. The Labute approximate surface area is 156 Å². The maximum atomic E-state index is 13.1. The third kappa shape index (κ3) is 2.74. The van der Waals surface area contributed by atoms with E-state index >= 15 is 0 Å². The number of hydrogen-bond acceptors (Lipinski definition) is 4. The van der Waals surface area contributed by atoms with Crippen molar-refractivity contribution in [1.82, 2.24) is 0 Å². The zero-order chi connectivity index (χ0) is 18.3. The summed E-state index contributed by atoms with van der Waals surface area (Å²) in [7, 11) is 3.40. The standard InChI is InChI=1S/C21H19NO3S/c1-13-8-9-18(24-3)16(10-13)22(2)21(23)19-11-14-12-25-17-7-5-4-6-15(17)20(14)26-19/h4-11H,12H2,1-3H3. The van der Waals surface area contributed by atoms with Crippen LogP contribution in [0.2, 0.25) is 0 Å². The lowest BCUT2D eigenvalue weighted by Crippen LogP contribution is -2.26. The molecule has 0 saturated heterocycles. The van der Waals surface area contributed by atoms with Crippen LogP contribution in [0.25, 0.3) is 10.4 Å². The third-order valence-electron chi connectivity index (χ3n) is 4.53. The largest absolute Gasteiger partial charge is 0.495 e. The van der Waals surface area contributed by atoms with Crippen molar-refractivity contribution < 1.29 is 14.3 Å². The lowest BCUT2D eigenvalue weighted by atomic mass is 10.1. The molecule has 0 N–H and O–H groups in total. The molecule has 0 atom stereocenters. The number of fused-ring (bicyclic) bond motifs is 3. The number of thiophene rings is 1. The first kappa shape index (κ1) is 16.7. The molecule has 1 aliphatic rings. The highest BCUT2D eigenvalue weighted by atomic mass is 32.1. The number of nitrogens with zero attached hydrogens (tertiary/aromatic N) is 1. The molecule has 1 aliphatic heterocycles. The Hall–Kier alpha value is -2.79. The third-order valence-corrected chi connectivity index (χ3v) is 5.73. The molecule has 0 spiro atoms. The van der Waals surface area contributed by atoms with Crippen molar-refractivity contribution in [2.45, 2.75) is 13.5 Å². The van der Waals surface area contributed by atoms with Crippen LogP contribution >= 0.6 is 11.3 Å². The van der Waals surface area contributed by atoms with E-state index in [1.807, 2.05) is 55.5 Å². The zero-order valence-electron chi connectivity index (χ0n) is 14.9. The second kappa shape index (κ2) is 6.50. The summed E-state index contributed by atoms with van der Waals surface area (Å²) in [6.45, 7) is 2.49. The van der Waals surface area contributed by atoms with Crippen LogP contribution in [0.5, 0.6) is 11.5 Å². The molecule has 1 aromatic heterocycles. The molecule has 132 valence electrons. The van der Waals surface area contributed by atoms with E-state index in [9.17, 15) is 4.79 Å². The Morgan fingerprint density at radius 1 is 1.19 bits per heavy atom. The quantitative estimate of drug-likeness (QED) is 0.662. The van der Waals surface area contributed by atoms with E-state index in [2.05, 4.69) is 0 Å². The van der Waals surface area contributed by atoms with Crippen LogP contribution in [0, 0.1) is 6.92 Å². The van der Waals surface area contributed by atoms with Crippen molar-refractivity contribution in [3.05, 3.63) is 64.5 Å². The Kier molecular flexibility index (Phi) is 4.17. The second-order valence-corrected chi connectivity index (χ2v) is 7.34. The summed E-state index contributed by atoms with van der Waals surface area (Å²) in [5, 5.41) is 0. The van der Waals surface area contributed by atoms with Gasteiger partial charge in [0.2, 0.25) is 0 Å². The number of methoxy groups -OCH3 is 1. The van der Waals surface area contributed by atoms with Crippen LogP contribution in [0.15, 0.2) is 48.5 Å². The number of carbonyl (C=O) groups excluding carboxylic acids is 1. The van der Waals surface area contributed by atoms with Crippen LogP contribution < -0.4 is 14.4 Å². The van der Waals surface area contributed by atoms with Gasteiger partial charge in [-0.2, -0.15) is 0 Å². The summed E-state index contributed by atoms with van der Waals surface area (Å²) in [6.07, 6.45) is 0. The molecule has 5 heteroatoms. The number of para-hydroxylation sites is 1. The molecule has 0 fully saturated rings. The molecule has 0 saturated carbocycles. The number of aryl methyl sites for hydroxylation is 1. The van der Waals surface area contributed by atoms with Crippen LogP contribution in [-0.4, -0.2) is 20.1 Å². The predicted octanol–water partition coefficient (Wildman–Crippen LogP) is 4.90. The van der Waals surface area contributed by atoms with E-state index < -0.39 is 0 Å². The molecule has 0 bridgehead atoms. The van der Waals surface area contributed by atoms with Gasteiger partial charge in [0, 0.05) is 23.1 Å². The van der Waals surface area contributed by atoms with E-state index in [4.69, 9.17) is 9.47 Å². The van der Waals surface area contributed by atoms with Gasteiger partial charge in [-0.25, -0.2) is 0 Å². The molecule has 2 aromatic carbocycles. The fraction of sp³-hybridized carbons (Fsp3) is 0.190. The SMILES string of the molecule is COc1ccc(C)cc1N(C)C(=O)c1cc2c(s1)-c1ccccc1OC2. The highest BCUT2D eigenvalue weighted by Gasteiger charge is 2.25. The zero-order valence-corrected chi connectivity index (χ0v) is 15.7. The van der Waals surface area contributed by atoms with Gasteiger partial charge in [0.05, 0.1) is 17.7 Å². The maximum absolute atomic E-state index is 13.1. The van der Waals surface area contributed by atoms with Gasteiger partial charge < -0.3 is 14.4 Å². The molecule has 2 heterocycles. The minimum atomic E-state index is -0.0502. The summed E-state index contributed by atoms with van der Waals surface area (Å²) in [6, 6.07) is 15.7.